The molecule has 4 rings (SSSR count). The average Bonchev–Trinajstić information content (AvgIpc) is 3.83. The average molecular weight is 640 g/mol. The monoisotopic (exact) mass is 639 g/mol. The lowest BCUT2D eigenvalue weighted by Crippen LogP contribution is -2.49. The summed E-state index contributed by atoms with van der Waals surface area (Å²) in [5.74, 6) is 2.70. The maximum atomic E-state index is 10.7. The molecule has 0 aromatic heterocycles. The first-order chi connectivity index (χ1) is 22.4. The van der Waals surface area contributed by atoms with Crippen molar-refractivity contribution in [1.29, 1.82) is 0 Å². The number of aromatic hydroxyl groups is 1. The summed E-state index contributed by atoms with van der Waals surface area (Å²) in [7, 11) is 1.98. The van der Waals surface area contributed by atoms with Crippen molar-refractivity contribution in [2.75, 3.05) is 39.9 Å². The zero-order valence-corrected chi connectivity index (χ0v) is 28.5. The van der Waals surface area contributed by atoms with Crippen LogP contribution in [0.1, 0.15) is 77.7 Å². The highest BCUT2D eigenvalue weighted by atomic mass is 16.5. The van der Waals surface area contributed by atoms with Gasteiger partial charge in [0.05, 0.1) is 18.1 Å². The number of hydrogen-bond acceptors (Lipinski definition) is 8. The summed E-state index contributed by atoms with van der Waals surface area (Å²) in [6, 6.07) is 5.63. The molecule has 0 saturated heterocycles. The summed E-state index contributed by atoms with van der Waals surface area (Å²) in [5, 5.41) is 41.0. The molecule has 1 aromatic rings. The van der Waals surface area contributed by atoms with Crippen molar-refractivity contribution in [1.82, 2.24) is 16.0 Å². The van der Waals surface area contributed by atoms with Crippen LogP contribution in [0.2, 0.25) is 0 Å². The highest BCUT2D eigenvalue weighted by molar-refractivity contribution is 5.83. The Hall–Kier alpha value is -2.53. The van der Waals surface area contributed by atoms with Crippen LogP contribution in [0.15, 0.2) is 46.6 Å². The Bertz CT molecular complexity index is 1150. The van der Waals surface area contributed by atoms with E-state index in [9.17, 15) is 15.3 Å². The van der Waals surface area contributed by atoms with Crippen molar-refractivity contribution in [3.8, 4) is 11.5 Å². The van der Waals surface area contributed by atoms with Crippen LogP contribution in [0.3, 0.4) is 0 Å². The molecule has 256 valence electrons. The van der Waals surface area contributed by atoms with E-state index in [0.29, 0.717) is 30.7 Å². The first-order valence-electron chi connectivity index (χ1n) is 17.6. The molecule has 0 bridgehead atoms. The predicted molar refractivity (Wildman–Crippen MR) is 186 cm³/mol. The molecular weight excluding hydrogens is 580 g/mol. The molecule has 0 amide bonds. The van der Waals surface area contributed by atoms with E-state index in [4.69, 9.17) is 14.5 Å². The highest BCUT2D eigenvalue weighted by Gasteiger charge is 2.43. The Balaban J connectivity index is 1.40. The lowest BCUT2D eigenvalue weighted by Gasteiger charge is -2.31. The number of likely N-dealkylation sites (N-methyl/N-ethyl adjacent to an activating group) is 2. The molecule has 7 N–H and O–H groups in total. The van der Waals surface area contributed by atoms with Gasteiger partial charge in [-0.15, -0.1) is 16.6 Å². The number of aliphatic hydroxyl groups excluding tert-OH is 2. The van der Waals surface area contributed by atoms with Gasteiger partial charge in [0.1, 0.15) is 30.9 Å². The molecule has 1 aromatic carbocycles. The molecule has 2 aliphatic heterocycles. The van der Waals surface area contributed by atoms with E-state index in [1.807, 2.05) is 32.3 Å². The maximum absolute atomic E-state index is 10.7. The first kappa shape index (κ1) is 36.3. The first-order valence-corrected chi connectivity index (χ1v) is 17.6. The number of benzene rings is 1. The lowest BCUT2D eigenvalue weighted by atomic mass is 9.76. The third-order valence-electron chi connectivity index (χ3n) is 9.53. The number of nitrogens with one attached hydrogen (secondary N) is 3. The molecule has 1 fully saturated rings. The molecule has 9 nitrogen and oxygen atoms in total. The van der Waals surface area contributed by atoms with Crippen LogP contribution in [0.5, 0.6) is 11.5 Å². The van der Waals surface area contributed by atoms with Gasteiger partial charge in [-0.2, -0.15) is 0 Å². The fourth-order valence-electron chi connectivity index (χ4n) is 7.12. The molecule has 0 radical (unpaired) electrons. The van der Waals surface area contributed by atoms with Crippen LogP contribution in [-0.2, 0) is 6.42 Å². The number of hydrogen-bond donors (Lipinski definition) is 6. The van der Waals surface area contributed by atoms with Gasteiger partial charge < -0.3 is 35.4 Å². The largest absolute Gasteiger partial charge is 0.504 e. The molecule has 1 saturated carbocycles. The van der Waals surface area contributed by atoms with E-state index in [2.05, 4.69) is 41.9 Å². The second-order valence-electron chi connectivity index (χ2n) is 13.2. The SMILES string of the molecule is CCCCC1[OH+][C-](CCc2ccc(O)c(OC[C@H](NCC)C3=C[C+]([C@H](C4CCCC4)[C@H](CNC)NC[C@H](C)O)C=N3)c2)C=C1CO. The van der Waals surface area contributed by atoms with Gasteiger partial charge in [0.25, 0.3) is 0 Å². The van der Waals surface area contributed by atoms with Crippen LogP contribution in [0.25, 0.3) is 0 Å². The molecule has 3 aliphatic rings. The van der Waals surface area contributed by atoms with Crippen LogP contribution < -0.4 is 20.7 Å². The Labute approximate surface area is 277 Å². The van der Waals surface area contributed by atoms with E-state index in [0.717, 1.165) is 68.1 Å². The van der Waals surface area contributed by atoms with Crippen LogP contribution in [0.4, 0.5) is 0 Å². The van der Waals surface area contributed by atoms with Gasteiger partial charge in [0.15, 0.2) is 23.2 Å². The van der Waals surface area contributed by atoms with E-state index in [-0.39, 0.29) is 30.5 Å². The Morgan fingerprint density at radius 2 is 1.98 bits per heavy atom. The topological polar surface area (TPSA) is 131 Å². The van der Waals surface area contributed by atoms with Gasteiger partial charge in [-0.3, -0.25) is 5.32 Å². The zero-order valence-electron chi connectivity index (χ0n) is 28.5. The van der Waals surface area contributed by atoms with Crippen LogP contribution >= 0.6 is 0 Å². The van der Waals surface area contributed by atoms with Gasteiger partial charge >= 0.3 is 0 Å². The fraction of sp³-hybridized carbons (Fsp3) is 0.649. The Morgan fingerprint density at radius 1 is 1.17 bits per heavy atom. The summed E-state index contributed by atoms with van der Waals surface area (Å²) < 4.78 is 11.1. The van der Waals surface area contributed by atoms with Crippen molar-refractivity contribution < 1.29 is 24.8 Å². The molecule has 9 heteroatoms. The number of unbranched alkanes of at least 4 members (excludes halogenated alkanes) is 1. The molecule has 2 heterocycles. The van der Waals surface area contributed by atoms with Crippen molar-refractivity contribution >= 4 is 6.21 Å². The molecule has 1 unspecified atom stereocenters. The van der Waals surface area contributed by atoms with Crippen molar-refractivity contribution in [2.24, 2.45) is 16.8 Å². The van der Waals surface area contributed by atoms with Gasteiger partial charge in [0.2, 0.25) is 0 Å². The Morgan fingerprint density at radius 3 is 2.67 bits per heavy atom. The smallest absolute Gasteiger partial charge is 0.196 e. The number of phenols is 1. The summed E-state index contributed by atoms with van der Waals surface area (Å²) in [6.07, 6.45) is 16.7. The second-order valence-corrected chi connectivity index (χ2v) is 13.2. The van der Waals surface area contributed by atoms with E-state index >= 15 is 0 Å². The number of allylic oxidation sites excluding steroid dienone is 1. The normalized spacial score (nSPS) is 21.0. The van der Waals surface area contributed by atoms with Crippen LogP contribution in [0, 0.1) is 23.9 Å². The van der Waals surface area contributed by atoms with E-state index < -0.39 is 6.10 Å². The van der Waals surface area contributed by atoms with Crippen LogP contribution in [-0.4, -0.2) is 90.5 Å². The molecule has 46 heavy (non-hydrogen) atoms. The molecule has 0 spiro atoms. The number of rotatable bonds is 21. The van der Waals surface area contributed by atoms with Gasteiger partial charge in [-0.1, -0.05) is 39.2 Å². The summed E-state index contributed by atoms with van der Waals surface area (Å²) in [5.41, 5.74) is 3.03. The summed E-state index contributed by atoms with van der Waals surface area (Å²) in [4.78, 5) is 4.89. The fourth-order valence-corrected chi connectivity index (χ4v) is 7.12. The standard InChI is InChI=1S/C37H58N4O5/c1-5-7-12-35-29(23-42)18-30(46-35)15-13-26-14-16-34(44)36(17-26)45-24-33(39-6-2)31-19-28(21-41-31)37(27-10-8-9-11-27)32(22-38-4)40-20-25(3)43/h14,16-19,21,25,27,32-33,35,37-40,42-43,46H,5-13,15,20,22-24H2,1-4H3/p+1/t25-,32-,33-,35?,37-/m0/s1. The third-order valence-corrected chi connectivity index (χ3v) is 9.53. The highest BCUT2D eigenvalue weighted by Crippen LogP contribution is 2.40. The number of aryl methyl sites for hydroxylation is 1. The van der Waals surface area contributed by atoms with Gasteiger partial charge in [-0.25, -0.2) is 0 Å². The molecule has 5 atom stereocenters. The minimum atomic E-state index is -0.405. The maximum Gasteiger partial charge on any atom is 0.196 e. The van der Waals surface area contributed by atoms with E-state index in [1.165, 1.54) is 31.6 Å². The second kappa shape index (κ2) is 18.7. The Kier molecular flexibility index (Phi) is 14.8. The summed E-state index contributed by atoms with van der Waals surface area (Å²) >= 11 is 0. The number of phenolic OH excluding ortho intramolecular Hbond substituents is 1. The van der Waals surface area contributed by atoms with E-state index in [1.54, 1.807) is 6.07 Å². The van der Waals surface area contributed by atoms with Gasteiger partial charge in [-0.05, 0) is 76.2 Å². The zero-order chi connectivity index (χ0) is 32.9. The number of ether oxygens (including phenoxy) is 2. The van der Waals surface area contributed by atoms with Crippen molar-refractivity contribution in [3.05, 3.63) is 59.2 Å². The van der Waals surface area contributed by atoms with Crippen molar-refractivity contribution in [3.63, 3.8) is 0 Å². The predicted octanol–water partition coefficient (Wildman–Crippen LogP) is 4.14. The number of aliphatic imine (C=N–C) groups is 1. The quantitative estimate of drug-likeness (QED) is 0.0881. The number of aliphatic hydroxyl groups is 4. The lowest BCUT2D eigenvalue weighted by molar-refractivity contribution is -0.0550. The molecular formula is C37H59N4O5+. The number of nitrogens with zero attached hydrogens (tertiary/aromatic N) is 1. The minimum absolute atomic E-state index is 0.0585. The molecule has 1 aliphatic carbocycles. The third kappa shape index (κ3) is 10.2. The van der Waals surface area contributed by atoms with Crippen molar-refractivity contribution in [2.45, 2.75) is 103 Å². The summed E-state index contributed by atoms with van der Waals surface area (Å²) in [6.45, 7) is 8.60. The van der Waals surface area contributed by atoms with Gasteiger partial charge in [0, 0.05) is 32.2 Å². The minimum Gasteiger partial charge on any atom is -0.504 e.